The maximum atomic E-state index is 12.7. The van der Waals surface area contributed by atoms with Gasteiger partial charge in [0, 0.05) is 33.4 Å². The Morgan fingerprint density at radius 1 is 0.881 bits per heavy atom. The van der Waals surface area contributed by atoms with Crippen LogP contribution in [0.2, 0.25) is 0 Å². The Labute approximate surface area is 248 Å². The van der Waals surface area contributed by atoms with Crippen LogP contribution in [-0.4, -0.2) is 29.6 Å². The van der Waals surface area contributed by atoms with E-state index in [1.54, 1.807) is 30.3 Å². The minimum atomic E-state index is -0.353. The Bertz CT molecular complexity index is 1710. The zero-order valence-corrected chi connectivity index (χ0v) is 23.9. The molecule has 210 valence electrons. The molecule has 0 saturated heterocycles. The number of ether oxygens (including phenoxy) is 1. The van der Waals surface area contributed by atoms with Gasteiger partial charge in [-0.15, -0.1) is 11.3 Å². The van der Waals surface area contributed by atoms with Crippen LogP contribution in [0.5, 0.6) is 5.75 Å². The van der Waals surface area contributed by atoms with E-state index < -0.39 is 0 Å². The van der Waals surface area contributed by atoms with Gasteiger partial charge < -0.3 is 15.4 Å². The quantitative estimate of drug-likeness (QED) is 0.123. The number of anilines is 3. The van der Waals surface area contributed by atoms with Crippen LogP contribution in [0.1, 0.15) is 27.0 Å². The average molecular weight is 576 g/mol. The van der Waals surface area contributed by atoms with Gasteiger partial charge in [-0.25, -0.2) is 10.4 Å². The highest BCUT2D eigenvalue weighted by molar-refractivity contribution is 7.14. The van der Waals surface area contributed by atoms with Crippen LogP contribution in [0, 0.1) is 13.8 Å². The van der Waals surface area contributed by atoms with Crippen molar-refractivity contribution in [2.45, 2.75) is 13.8 Å². The number of carbonyl (C=O) groups excluding carboxylic acids is 2. The smallest absolute Gasteiger partial charge is 0.271 e. The van der Waals surface area contributed by atoms with Gasteiger partial charge in [0.2, 0.25) is 0 Å². The summed E-state index contributed by atoms with van der Waals surface area (Å²) in [4.78, 5) is 29.7. The zero-order chi connectivity index (χ0) is 29.3. The van der Waals surface area contributed by atoms with Gasteiger partial charge in [-0.1, -0.05) is 54.1 Å². The number of rotatable bonds is 10. The summed E-state index contributed by atoms with van der Waals surface area (Å²) < 4.78 is 5.71. The number of benzene rings is 4. The van der Waals surface area contributed by atoms with Gasteiger partial charge in [0.15, 0.2) is 11.7 Å². The fourth-order valence-electron chi connectivity index (χ4n) is 4.02. The number of aryl methyl sites for hydroxylation is 2. The van der Waals surface area contributed by atoms with E-state index in [1.165, 1.54) is 23.1 Å². The Morgan fingerprint density at radius 3 is 2.45 bits per heavy atom. The number of amides is 2. The van der Waals surface area contributed by atoms with Gasteiger partial charge >= 0.3 is 0 Å². The molecule has 3 N–H and O–H groups in total. The van der Waals surface area contributed by atoms with E-state index in [0.29, 0.717) is 22.6 Å². The van der Waals surface area contributed by atoms with Crippen molar-refractivity contribution in [3.63, 3.8) is 0 Å². The summed E-state index contributed by atoms with van der Waals surface area (Å²) in [6.45, 7) is 3.84. The molecule has 5 rings (SSSR count). The van der Waals surface area contributed by atoms with Crippen molar-refractivity contribution in [2.24, 2.45) is 5.10 Å². The van der Waals surface area contributed by atoms with Crippen molar-refractivity contribution in [1.82, 2.24) is 10.4 Å². The molecule has 0 unspecified atom stereocenters. The van der Waals surface area contributed by atoms with Gasteiger partial charge in [0.25, 0.3) is 11.8 Å². The predicted molar refractivity (Wildman–Crippen MR) is 169 cm³/mol. The van der Waals surface area contributed by atoms with Crippen molar-refractivity contribution in [3.8, 4) is 17.0 Å². The SMILES string of the molecule is Cc1ccc(Nc2nc(-c3ccc(C(=O)N/N=C/c4ccccc4OCC(=O)Nc4cccc(C)c4)cc3)cs2)cc1. The third kappa shape index (κ3) is 7.67. The standard InChI is InChI=1S/C33H29N5O3S/c1-22-10-16-27(17-11-22)36-33-37-29(21-42-33)24-12-14-25(15-13-24)32(40)38-34-19-26-7-3-4-9-30(26)41-20-31(39)35-28-8-5-6-23(2)18-28/h3-19,21H,20H2,1-2H3,(H,35,39)(H,36,37)(H,38,40)/b34-19+. The second-order valence-electron chi connectivity index (χ2n) is 9.55. The molecule has 0 fully saturated rings. The number of carbonyl (C=O) groups is 2. The number of hydrogen-bond acceptors (Lipinski definition) is 7. The van der Waals surface area contributed by atoms with Crippen LogP contribution in [0.3, 0.4) is 0 Å². The average Bonchev–Trinajstić information content (AvgIpc) is 3.46. The molecule has 1 heterocycles. The number of hydrazone groups is 1. The van der Waals surface area contributed by atoms with E-state index in [4.69, 9.17) is 4.74 Å². The first-order valence-corrected chi connectivity index (χ1v) is 14.1. The van der Waals surface area contributed by atoms with Crippen molar-refractivity contribution in [2.75, 3.05) is 17.2 Å². The van der Waals surface area contributed by atoms with Gasteiger partial charge in [-0.3, -0.25) is 9.59 Å². The highest BCUT2D eigenvalue weighted by atomic mass is 32.1. The third-order valence-electron chi connectivity index (χ3n) is 6.20. The molecule has 5 aromatic rings. The minimum Gasteiger partial charge on any atom is -0.483 e. The molecule has 9 heteroatoms. The minimum absolute atomic E-state index is 0.167. The Kier molecular flexibility index (Phi) is 9.00. The molecule has 42 heavy (non-hydrogen) atoms. The van der Waals surface area contributed by atoms with E-state index in [0.717, 1.165) is 27.6 Å². The summed E-state index contributed by atoms with van der Waals surface area (Å²) in [6.07, 6.45) is 1.48. The van der Waals surface area contributed by atoms with Crippen molar-refractivity contribution in [3.05, 3.63) is 125 Å². The molecule has 0 saturated carbocycles. The van der Waals surface area contributed by atoms with E-state index in [-0.39, 0.29) is 18.4 Å². The van der Waals surface area contributed by atoms with Gasteiger partial charge in [0.1, 0.15) is 5.75 Å². The van der Waals surface area contributed by atoms with Crippen LogP contribution in [0.25, 0.3) is 11.3 Å². The second-order valence-corrected chi connectivity index (χ2v) is 10.4. The molecule has 1 aromatic heterocycles. The largest absolute Gasteiger partial charge is 0.483 e. The lowest BCUT2D eigenvalue weighted by atomic mass is 10.1. The number of para-hydroxylation sites is 1. The first kappa shape index (κ1) is 28.3. The summed E-state index contributed by atoms with van der Waals surface area (Å²) in [5.74, 6) is -0.159. The molecule has 8 nitrogen and oxygen atoms in total. The molecule has 0 atom stereocenters. The van der Waals surface area contributed by atoms with Crippen LogP contribution in [-0.2, 0) is 4.79 Å². The molecule has 0 aliphatic heterocycles. The number of aromatic nitrogens is 1. The number of nitrogens with one attached hydrogen (secondary N) is 3. The molecular formula is C33H29N5O3S. The highest BCUT2D eigenvalue weighted by Crippen LogP contribution is 2.27. The fraction of sp³-hybridized carbons (Fsp3) is 0.0909. The Morgan fingerprint density at radius 2 is 1.67 bits per heavy atom. The van der Waals surface area contributed by atoms with Gasteiger partial charge in [-0.05, 0) is 67.9 Å². The maximum Gasteiger partial charge on any atom is 0.271 e. The lowest BCUT2D eigenvalue weighted by molar-refractivity contribution is -0.118. The van der Waals surface area contributed by atoms with Crippen molar-refractivity contribution < 1.29 is 14.3 Å². The van der Waals surface area contributed by atoms with Crippen molar-refractivity contribution >= 4 is 45.9 Å². The van der Waals surface area contributed by atoms with Gasteiger partial charge in [0.05, 0.1) is 11.9 Å². The molecule has 2 amide bonds. The maximum absolute atomic E-state index is 12.7. The summed E-state index contributed by atoms with van der Waals surface area (Å²) in [5, 5.41) is 13.0. The second kappa shape index (κ2) is 13.4. The van der Waals surface area contributed by atoms with Crippen LogP contribution >= 0.6 is 11.3 Å². The Balaban J connectivity index is 1.14. The molecule has 0 spiro atoms. The molecule has 0 radical (unpaired) electrons. The number of hydrogen-bond donors (Lipinski definition) is 3. The van der Waals surface area contributed by atoms with Crippen LogP contribution < -0.4 is 20.8 Å². The summed E-state index contributed by atoms with van der Waals surface area (Å²) in [7, 11) is 0. The lowest BCUT2D eigenvalue weighted by Crippen LogP contribution is -2.20. The zero-order valence-electron chi connectivity index (χ0n) is 23.1. The van der Waals surface area contributed by atoms with E-state index in [9.17, 15) is 9.59 Å². The summed E-state index contributed by atoms with van der Waals surface area (Å²) in [6, 6.07) is 30.0. The highest BCUT2D eigenvalue weighted by Gasteiger charge is 2.10. The van der Waals surface area contributed by atoms with Crippen LogP contribution in [0.15, 0.2) is 108 Å². The monoisotopic (exact) mass is 575 g/mol. The normalized spacial score (nSPS) is 10.8. The lowest BCUT2D eigenvalue weighted by Gasteiger charge is -2.10. The van der Waals surface area contributed by atoms with E-state index >= 15 is 0 Å². The summed E-state index contributed by atoms with van der Waals surface area (Å²) >= 11 is 1.52. The summed E-state index contributed by atoms with van der Waals surface area (Å²) in [5.41, 5.74) is 9.29. The van der Waals surface area contributed by atoms with E-state index in [1.807, 2.05) is 79.0 Å². The molecule has 0 aliphatic rings. The number of nitrogens with zero attached hydrogens (tertiary/aromatic N) is 2. The topological polar surface area (TPSA) is 105 Å². The van der Waals surface area contributed by atoms with Gasteiger partial charge in [-0.2, -0.15) is 5.10 Å². The first-order valence-electron chi connectivity index (χ1n) is 13.2. The number of thiazole rings is 1. The molecule has 0 bridgehead atoms. The predicted octanol–water partition coefficient (Wildman–Crippen LogP) is 6.95. The Hall–Kier alpha value is -5.28. The molecular weight excluding hydrogens is 546 g/mol. The van der Waals surface area contributed by atoms with E-state index in [2.05, 4.69) is 33.1 Å². The van der Waals surface area contributed by atoms with Crippen LogP contribution in [0.4, 0.5) is 16.5 Å². The van der Waals surface area contributed by atoms with Crippen molar-refractivity contribution in [1.29, 1.82) is 0 Å². The fourth-order valence-corrected chi connectivity index (χ4v) is 4.76. The first-order chi connectivity index (χ1) is 20.4. The molecule has 4 aromatic carbocycles. The molecule has 0 aliphatic carbocycles. The third-order valence-corrected chi connectivity index (χ3v) is 6.96.